The van der Waals surface area contributed by atoms with Gasteiger partial charge in [-0.15, -0.1) is 0 Å². The molecule has 0 spiro atoms. The molecule has 2 N–H and O–H groups in total. The summed E-state index contributed by atoms with van der Waals surface area (Å²) in [6.07, 6.45) is 1.51. The molecule has 0 bridgehead atoms. The number of hydrogen-bond acceptors (Lipinski definition) is 3. The van der Waals surface area contributed by atoms with E-state index >= 15 is 0 Å². The Balaban J connectivity index is 2.06. The second-order valence-electron chi connectivity index (χ2n) is 2.34. The van der Waals surface area contributed by atoms with E-state index in [0.717, 1.165) is 6.42 Å². The fraction of sp³-hybridized carbons (Fsp3) is 0.833. The molecule has 0 radical (unpaired) electrons. The Morgan fingerprint density at radius 3 is 2.78 bits per heavy atom. The number of hydrogen-bond donors (Lipinski definition) is 2. The van der Waals surface area contributed by atoms with Crippen molar-refractivity contribution in [1.29, 1.82) is 5.26 Å². The molecule has 3 heteroatoms. The molecule has 50 valence electrons. The lowest BCUT2D eigenvalue weighted by molar-refractivity contribution is 0.160. The van der Waals surface area contributed by atoms with Gasteiger partial charge in [-0.25, -0.2) is 0 Å². The molecule has 1 aliphatic rings. The largest absolute Gasteiger partial charge is 0.395 e. The number of rotatable bonds is 2. The molecule has 1 saturated heterocycles. The molecule has 0 saturated carbocycles. The fourth-order valence-electron chi connectivity index (χ4n) is 1.03. The summed E-state index contributed by atoms with van der Waals surface area (Å²) in [5, 5.41) is 19.8. The maximum absolute atomic E-state index is 8.53. The Morgan fingerprint density at radius 1 is 1.67 bits per heavy atom. The standard InChI is InChI=1S/C6H10N2O/c7-2-1-5-3-6(4-9)8-5/h5-6,8-9H,1,3-4H2/t5-,6+/m1/s1. The first kappa shape index (κ1) is 6.53. The summed E-state index contributed by atoms with van der Waals surface area (Å²) < 4.78 is 0. The Kier molecular flexibility index (Phi) is 2.04. The Labute approximate surface area is 54.3 Å². The van der Waals surface area contributed by atoms with Crippen LogP contribution in [0.2, 0.25) is 0 Å². The number of aliphatic hydroxyl groups excluding tert-OH is 1. The highest BCUT2D eigenvalue weighted by Gasteiger charge is 2.26. The Morgan fingerprint density at radius 2 is 2.33 bits per heavy atom. The van der Waals surface area contributed by atoms with E-state index < -0.39 is 0 Å². The minimum atomic E-state index is 0.196. The number of nitrogens with one attached hydrogen (secondary N) is 1. The van der Waals surface area contributed by atoms with Crippen LogP contribution in [0.1, 0.15) is 12.8 Å². The van der Waals surface area contributed by atoms with Crippen LogP contribution in [0.4, 0.5) is 0 Å². The predicted octanol–water partition coefficient (Wildman–Crippen LogP) is -0.377. The van der Waals surface area contributed by atoms with E-state index in [1.165, 1.54) is 0 Å². The van der Waals surface area contributed by atoms with Gasteiger partial charge in [0.15, 0.2) is 0 Å². The number of nitriles is 1. The van der Waals surface area contributed by atoms with Gasteiger partial charge in [0, 0.05) is 12.1 Å². The summed E-state index contributed by atoms with van der Waals surface area (Å²) in [4.78, 5) is 0. The summed E-state index contributed by atoms with van der Waals surface area (Å²) >= 11 is 0. The monoisotopic (exact) mass is 126 g/mol. The maximum atomic E-state index is 8.53. The molecule has 1 aliphatic heterocycles. The highest BCUT2D eigenvalue weighted by molar-refractivity contribution is 4.93. The van der Waals surface area contributed by atoms with Crippen molar-refractivity contribution < 1.29 is 5.11 Å². The lowest BCUT2D eigenvalue weighted by atomic mass is 9.96. The van der Waals surface area contributed by atoms with Crippen LogP contribution in [0.5, 0.6) is 0 Å². The SMILES string of the molecule is N#CC[C@@H]1C[C@@H](CO)N1. The predicted molar refractivity (Wildman–Crippen MR) is 32.6 cm³/mol. The lowest BCUT2D eigenvalue weighted by Crippen LogP contribution is -2.53. The van der Waals surface area contributed by atoms with E-state index in [1.54, 1.807) is 0 Å². The van der Waals surface area contributed by atoms with Crippen molar-refractivity contribution in [2.75, 3.05) is 6.61 Å². The molecule has 0 aromatic heterocycles. The van der Waals surface area contributed by atoms with Gasteiger partial charge in [-0.2, -0.15) is 5.26 Å². The summed E-state index contributed by atoms with van der Waals surface area (Å²) in [6, 6.07) is 2.66. The van der Waals surface area contributed by atoms with Crippen molar-refractivity contribution in [3.8, 4) is 6.07 Å². The molecule has 1 rings (SSSR count). The van der Waals surface area contributed by atoms with Crippen LogP contribution in [-0.4, -0.2) is 23.8 Å². The normalized spacial score (nSPS) is 32.9. The second kappa shape index (κ2) is 2.81. The highest BCUT2D eigenvalue weighted by Crippen LogP contribution is 2.12. The maximum Gasteiger partial charge on any atom is 0.0638 e. The van der Waals surface area contributed by atoms with Gasteiger partial charge in [0.05, 0.1) is 19.1 Å². The van der Waals surface area contributed by atoms with Gasteiger partial charge < -0.3 is 10.4 Å². The molecule has 2 atom stereocenters. The van der Waals surface area contributed by atoms with E-state index in [4.69, 9.17) is 10.4 Å². The number of nitrogens with zero attached hydrogens (tertiary/aromatic N) is 1. The van der Waals surface area contributed by atoms with E-state index in [-0.39, 0.29) is 12.6 Å². The minimum absolute atomic E-state index is 0.196. The van der Waals surface area contributed by atoms with Gasteiger partial charge in [-0.3, -0.25) is 0 Å². The second-order valence-corrected chi connectivity index (χ2v) is 2.34. The van der Waals surface area contributed by atoms with Crippen molar-refractivity contribution in [3.05, 3.63) is 0 Å². The van der Waals surface area contributed by atoms with Gasteiger partial charge in [-0.05, 0) is 6.42 Å². The van der Waals surface area contributed by atoms with Crippen molar-refractivity contribution >= 4 is 0 Å². The molecular weight excluding hydrogens is 116 g/mol. The van der Waals surface area contributed by atoms with Gasteiger partial charge in [0.25, 0.3) is 0 Å². The van der Waals surface area contributed by atoms with Crippen molar-refractivity contribution in [2.24, 2.45) is 0 Å². The molecule has 0 unspecified atom stereocenters. The molecule has 0 amide bonds. The quantitative estimate of drug-likeness (QED) is 0.530. The van der Waals surface area contributed by atoms with Crippen molar-refractivity contribution in [3.63, 3.8) is 0 Å². The molecule has 9 heavy (non-hydrogen) atoms. The lowest BCUT2D eigenvalue weighted by Gasteiger charge is -2.34. The van der Waals surface area contributed by atoms with Crippen LogP contribution in [0.15, 0.2) is 0 Å². The molecule has 0 aromatic carbocycles. The molecule has 1 heterocycles. The average Bonchev–Trinajstić information content (AvgIpc) is 1.77. The van der Waals surface area contributed by atoms with E-state index in [9.17, 15) is 0 Å². The zero-order valence-corrected chi connectivity index (χ0v) is 5.17. The molecule has 0 aromatic rings. The molecule has 1 fully saturated rings. The van der Waals surface area contributed by atoms with Crippen LogP contribution < -0.4 is 5.32 Å². The topological polar surface area (TPSA) is 56.0 Å². The Bertz CT molecular complexity index is 124. The molecule has 3 nitrogen and oxygen atoms in total. The van der Waals surface area contributed by atoms with Gasteiger partial charge in [0.2, 0.25) is 0 Å². The average molecular weight is 126 g/mol. The zero-order chi connectivity index (χ0) is 6.69. The third-order valence-electron chi connectivity index (χ3n) is 1.60. The van der Waals surface area contributed by atoms with Crippen LogP contribution in [0.25, 0.3) is 0 Å². The van der Waals surface area contributed by atoms with E-state index in [2.05, 4.69) is 11.4 Å². The highest BCUT2D eigenvalue weighted by atomic mass is 16.3. The minimum Gasteiger partial charge on any atom is -0.395 e. The van der Waals surface area contributed by atoms with Crippen LogP contribution in [-0.2, 0) is 0 Å². The first-order valence-corrected chi connectivity index (χ1v) is 3.10. The van der Waals surface area contributed by atoms with Crippen LogP contribution >= 0.6 is 0 Å². The van der Waals surface area contributed by atoms with Crippen molar-refractivity contribution in [1.82, 2.24) is 5.32 Å². The third kappa shape index (κ3) is 1.41. The smallest absolute Gasteiger partial charge is 0.0638 e. The van der Waals surface area contributed by atoms with Gasteiger partial charge >= 0.3 is 0 Å². The van der Waals surface area contributed by atoms with Gasteiger partial charge in [-0.1, -0.05) is 0 Å². The Hall–Kier alpha value is -0.590. The zero-order valence-electron chi connectivity index (χ0n) is 5.17. The van der Waals surface area contributed by atoms with Crippen LogP contribution in [0.3, 0.4) is 0 Å². The summed E-state index contributed by atoms with van der Waals surface area (Å²) in [7, 11) is 0. The summed E-state index contributed by atoms with van der Waals surface area (Å²) in [6.45, 7) is 0.196. The number of aliphatic hydroxyl groups is 1. The van der Waals surface area contributed by atoms with E-state index in [0.29, 0.717) is 12.5 Å². The summed E-state index contributed by atoms with van der Waals surface area (Å²) in [5.41, 5.74) is 0. The third-order valence-corrected chi connectivity index (χ3v) is 1.60. The fourth-order valence-corrected chi connectivity index (χ4v) is 1.03. The first-order valence-electron chi connectivity index (χ1n) is 3.10. The first-order chi connectivity index (χ1) is 4.36. The van der Waals surface area contributed by atoms with Crippen LogP contribution in [0, 0.1) is 11.3 Å². The summed E-state index contributed by atoms with van der Waals surface area (Å²) in [5.74, 6) is 0. The molecular formula is C6H10N2O. The van der Waals surface area contributed by atoms with Crippen molar-refractivity contribution in [2.45, 2.75) is 24.9 Å². The van der Waals surface area contributed by atoms with Gasteiger partial charge in [0.1, 0.15) is 0 Å². The molecule has 0 aliphatic carbocycles. The van der Waals surface area contributed by atoms with E-state index in [1.807, 2.05) is 0 Å².